The Balaban J connectivity index is 1.57. The summed E-state index contributed by atoms with van der Waals surface area (Å²) in [6.07, 6.45) is 0. The highest BCUT2D eigenvalue weighted by molar-refractivity contribution is 9.10. The minimum Gasteiger partial charge on any atom is -0.321 e. The first kappa shape index (κ1) is 18.2. The molecule has 134 valence electrons. The first-order chi connectivity index (χ1) is 13.1. The van der Waals surface area contributed by atoms with Crippen LogP contribution in [-0.4, -0.2) is 10.9 Å². The number of hydrogen-bond acceptors (Lipinski definition) is 4. The fourth-order valence-electron chi connectivity index (χ4n) is 2.65. The Morgan fingerprint density at radius 1 is 1.04 bits per heavy atom. The molecule has 3 aromatic carbocycles. The van der Waals surface area contributed by atoms with Crippen molar-refractivity contribution in [1.29, 1.82) is 0 Å². The van der Waals surface area contributed by atoms with Crippen LogP contribution in [0, 0.1) is 6.92 Å². The molecular weight excluding hydrogens is 440 g/mol. The number of para-hydroxylation sites is 1. The van der Waals surface area contributed by atoms with Crippen LogP contribution in [0.25, 0.3) is 10.2 Å². The number of hydrogen-bond donors (Lipinski definition) is 1. The van der Waals surface area contributed by atoms with E-state index in [1.165, 1.54) is 4.70 Å². The summed E-state index contributed by atoms with van der Waals surface area (Å²) >= 11 is 6.96. The Kier molecular flexibility index (Phi) is 5.29. The quantitative estimate of drug-likeness (QED) is 0.369. The van der Waals surface area contributed by atoms with Crippen LogP contribution in [0.4, 0.5) is 5.69 Å². The van der Waals surface area contributed by atoms with Gasteiger partial charge in [-0.25, -0.2) is 4.98 Å². The number of nitrogens with one attached hydrogen (secondary N) is 1. The molecule has 0 aliphatic rings. The minimum absolute atomic E-state index is 0.123. The van der Waals surface area contributed by atoms with Gasteiger partial charge in [-0.2, -0.15) is 0 Å². The van der Waals surface area contributed by atoms with Crippen molar-refractivity contribution >= 4 is 60.8 Å². The summed E-state index contributed by atoms with van der Waals surface area (Å²) in [5.41, 5.74) is 3.49. The van der Waals surface area contributed by atoms with Crippen molar-refractivity contribution in [3.8, 4) is 0 Å². The summed E-state index contributed by atoms with van der Waals surface area (Å²) < 4.78 is 3.08. The number of benzene rings is 3. The monoisotopic (exact) mass is 454 g/mol. The zero-order chi connectivity index (χ0) is 18.8. The molecule has 6 heteroatoms. The van der Waals surface area contributed by atoms with E-state index in [-0.39, 0.29) is 5.91 Å². The van der Waals surface area contributed by atoms with E-state index in [2.05, 4.69) is 32.3 Å². The molecule has 0 saturated heterocycles. The van der Waals surface area contributed by atoms with Crippen LogP contribution in [0.2, 0.25) is 0 Å². The lowest BCUT2D eigenvalue weighted by atomic mass is 10.2. The van der Waals surface area contributed by atoms with Gasteiger partial charge in [0.1, 0.15) is 0 Å². The Labute approximate surface area is 174 Å². The fourth-order valence-corrected chi connectivity index (χ4v) is 5.35. The van der Waals surface area contributed by atoms with E-state index in [4.69, 9.17) is 0 Å². The lowest BCUT2D eigenvalue weighted by Crippen LogP contribution is -2.12. The number of fused-ring (bicyclic) bond motifs is 1. The van der Waals surface area contributed by atoms with Crippen LogP contribution in [0.3, 0.4) is 0 Å². The number of rotatable bonds is 4. The molecule has 1 aromatic heterocycles. The van der Waals surface area contributed by atoms with E-state index in [0.717, 1.165) is 30.5 Å². The van der Waals surface area contributed by atoms with Crippen LogP contribution in [0.15, 0.2) is 80.4 Å². The molecule has 1 N–H and O–H groups in total. The summed E-state index contributed by atoms with van der Waals surface area (Å²) in [4.78, 5) is 18.2. The average Bonchev–Trinajstić information content (AvgIpc) is 3.11. The topological polar surface area (TPSA) is 42.0 Å². The van der Waals surface area contributed by atoms with Crippen molar-refractivity contribution in [1.82, 2.24) is 4.98 Å². The molecule has 0 unspecified atom stereocenters. The zero-order valence-electron chi connectivity index (χ0n) is 14.4. The maximum Gasteiger partial charge on any atom is 0.255 e. The van der Waals surface area contributed by atoms with E-state index < -0.39 is 0 Å². The number of halogens is 1. The van der Waals surface area contributed by atoms with Gasteiger partial charge >= 0.3 is 0 Å². The maximum absolute atomic E-state index is 12.4. The Morgan fingerprint density at radius 3 is 2.56 bits per heavy atom. The second-order valence-electron chi connectivity index (χ2n) is 5.92. The SMILES string of the molecule is Cc1c(Sc2nc3ccccc3s2)ccc(NC(=O)c2ccccc2)c1Br. The van der Waals surface area contributed by atoms with Gasteiger partial charge in [-0.05, 0) is 64.8 Å². The minimum atomic E-state index is -0.123. The van der Waals surface area contributed by atoms with Gasteiger partial charge in [-0.1, -0.05) is 42.1 Å². The number of carbonyl (C=O) groups is 1. The van der Waals surface area contributed by atoms with Crippen molar-refractivity contribution in [2.45, 2.75) is 16.2 Å². The van der Waals surface area contributed by atoms with E-state index >= 15 is 0 Å². The normalized spacial score (nSPS) is 10.9. The number of thiazole rings is 1. The van der Waals surface area contributed by atoms with E-state index in [1.807, 2.05) is 55.5 Å². The molecule has 3 nitrogen and oxygen atoms in total. The Bertz CT molecular complexity index is 1090. The van der Waals surface area contributed by atoms with E-state index in [0.29, 0.717) is 5.56 Å². The van der Waals surface area contributed by atoms with Crippen LogP contribution in [0.5, 0.6) is 0 Å². The second-order valence-corrected chi connectivity index (χ2v) is 9.03. The van der Waals surface area contributed by atoms with Crippen LogP contribution in [-0.2, 0) is 0 Å². The van der Waals surface area contributed by atoms with E-state index in [9.17, 15) is 4.79 Å². The van der Waals surface area contributed by atoms with Crippen LogP contribution < -0.4 is 5.32 Å². The van der Waals surface area contributed by atoms with Crippen molar-refractivity contribution in [3.05, 3.63) is 82.3 Å². The number of aromatic nitrogens is 1. The largest absolute Gasteiger partial charge is 0.321 e. The summed E-state index contributed by atoms with van der Waals surface area (Å²) in [5, 5.41) is 2.97. The van der Waals surface area contributed by atoms with Crippen LogP contribution in [0.1, 0.15) is 15.9 Å². The lowest BCUT2D eigenvalue weighted by molar-refractivity contribution is 0.102. The molecule has 4 rings (SSSR count). The molecule has 0 atom stereocenters. The Morgan fingerprint density at radius 2 is 1.78 bits per heavy atom. The fraction of sp³-hybridized carbons (Fsp3) is 0.0476. The van der Waals surface area contributed by atoms with Crippen molar-refractivity contribution in [2.24, 2.45) is 0 Å². The van der Waals surface area contributed by atoms with Gasteiger partial charge < -0.3 is 5.32 Å². The first-order valence-corrected chi connectivity index (χ1v) is 10.7. The third kappa shape index (κ3) is 3.93. The molecular formula is C21H15BrN2OS2. The van der Waals surface area contributed by atoms with E-state index in [1.54, 1.807) is 35.2 Å². The summed E-state index contributed by atoms with van der Waals surface area (Å²) in [6.45, 7) is 2.04. The number of carbonyl (C=O) groups excluding carboxylic acids is 1. The standard InChI is InChI=1S/C21H15BrN2OS2/c1-13-17(26-21-24-15-9-5-6-10-18(15)27-21)12-11-16(19(13)22)23-20(25)14-7-3-2-4-8-14/h2-12H,1H3,(H,23,25). The highest BCUT2D eigenvalue weighted by Crippen LogP contribution is 2.39. The molecule has 27 heavy (non-hydrogen) atoms. The van der Waals surface area contributed by atoms with Gasteiger partial charge in [0.15, 0.2) is 4.34 Å². The van der Waals surface area contributed by atoms with Gasteiger partial charge in [-0.15, -0.1) is 11.3 Å². The highest BCUT2D eigenvalue weighted by Gasteiger charge is 2.14. The average molecular weight is 455 g/mol. The van der Waals surface area contributed by atoms with Gasteiger partial charge in [0, 0.05) is 14.9 Å². The summed E-state index contributed by atoms with van der Waals surface area (Å²) in [7, 11) is 0. The lowest BCUT2D eigenvalue weighted by Gasteiger charge is -2.12. The molecule has 0 bridgehead atoms. The maximum atomic E-state index is 12.4. The van der Waals surface area contributed by atoms with Crippen molar-refractivity contribution in [3.63, 3.8) is 0 Å². The molecule has 0 fully saturated rings. The molecule has 0 radical (unpaired) electrons. The second kappa shape index (κ2) is 7.84. The number of nitrogens with zero attached hydrogens (tertiary/aromatic N) is 1. The molecule has 0 aliphatic heterocycles. The predicted molar refractivity (Wildman–Crippen MR) is 117 cm³/mol. The first-order valence-electron chi connectivity index (χ1n) is 8.31. The van der Waals surface area contributed by atoms with Gasteiger partial charge in [0.25, 0.3) is 5.91 Å². The van der Waals surface area contributed by atoms with Crippen molar-refractivity contribution in [2.75, 3.05) is 5.32 Å². The van der Waals surface area contributed by atoms with Gasteiger partial charge in [-0.3, -0.25) is 4.79 Å². The van der Waals surface area contributed by atoms with Crippen molar-refractivity contribution < 1.29 is 4.79 Å². The zero-order valence-corrected chi connectivity index (χ0v) is 17.6. The van der Waals surface area contributed by atoms with Gasteiger partial charge in [0.05, 0.1) is 15.9 Å². The summed E-state index contributed by atoms with van der Waals surface area (Å²) in [6, 6.07) is 21.3. The van der Waals surface area contributed by atoms with Gasteiger partial charge in [0.2, 0.25) is 0 Å². The summed E-state index contributed by atoms with van der Waals surface area (Å²) in [5.74, 6) is -0.123. The molecule has 4 aromatic rings. The number of anilines is 1. The Hall–Kier alpha value is -2.15. The third-order valence-electron chi connectivity index (χ3n) is 4.09. The smallest absolute Gasteiger partial charge is 0.255 e. The molecule has 1 amide bonds. The highest BCUT2D eigenvalue weighted by atomic mass is 79.9. The molecule has 0 aliphatic carbocycles. The molecule has 0 spiro atoms. The number of amides is 1. The predicted octanol–water partition coefficient (Wildman–Crippen LogP) is 6.77. The molecule has 0 saturated carbocycles. The van der Waals surface area contributed by atoms with Crippen LogP contribution >= 0.6 is 39.0 Å². The molecule has 1 heterocycles. The third-order valence-corrected chi connectivity index (χ3v) is 7.37.